The molecule has 0 aromatic rings. The van der Waals surface area contributed by atoms with Crippen LogP contribution < -0.4 is 5.73 Å². The van der Waals surface area contributed by atoms with E-state index in [-0.39, 0.29) is 0 Å². The SMILES string of the molecule is CCCCCCCCCC.NC=S. The van der Waals surface area contributed by atoms with E-state index in [1.54, 1.807) is 0 Å². The van der Waals surface area contributed by atoms with E-state index in [0.29, 0.717) is 0 Å². The third kappa shape index (κ3) is 24.5. The topological polar surface area (TPSA) is 26.0 Å². The molecule has 0 radical (unpaired) electrons. The fourth-order valence-electron chi connectivity index (χ4n) is 1.21. The highest BCUT2D eigenvalue weighted by molar-refractivity contribution is 7.78. The summed E-state index contributed by atoms with van der Waals surface area (Å²) in [6.45, 7) is 4.54. The molecule has 0 aliphatic carbocycles. The summed E-state index contributed by atoms with van der Waals surface area (Å²) in [5.74, 6) is 0. The average Bonchev–Trinajstić information content (AvgIpc) is 2.13. The predicted molar refractivity (Wildman–Crippen MR) is 66.1 cm³/mol. The van der Waals surface area contributed by atoms with Gasteiger partial charge in [-0.05, 0) is 0 Å². The zero-order valence-corrected chi connectivity index (χ0v) is 10.0. The van der Waals surface area contributed by atoms with Gasteiger partial charge in [-0.25, -0.2) is 0 Å². The molecule has 0 fully saturated rings. The monoisotopic (exact) mass is 203 g/mol. The molecule has 0 bridgehead atoms. The first-order chi connectivity index (χ1) is 6.33. The van der Waals surface area contributed by atoms with Crippen LogP contribution in [0.5, 0.6) is 0 Å². The highest BCUT2D eigenvalue weighted by Gasteiger charge is 1.87. The maximum Gasteiger partial charge on any atom is 0.0588 e. The second-order valence-corrected chi connectivity index (χ2v) is 3.53. The van der Waals surface area contributed by atoms with E-state index < -0.39 is 0 Å². The van der Waals surface area contributed by atoms with Crippen LogP contribution in [0.1, 0.15) is 65.2 Å². The van der Waals surface area contributed by atoms with E-state index in [0.717, 1.165) is 5.49 Å². The minimum absolute atomic E-state index is 1.08. The molecule has 2 N–H and O–H groups in total. The van der Waals surface area contributed by atoms with Crippen molar-refractivity contribution in [3.8, 4) is 0 Å². The number of rotatable bonds is 7. The molecule has 0 aliphatic heterocycles. The molecular weight excluding hydrogens is 178 g/mol. The Labute approximate surface area is 89.1 Å². The van der Waals surface area contributed by atoms with Crippen LogP contribution in [0.4, 0.5) is 0 Å². The first-order valence-electron chi connectivity index (χ1n) is 5.48. The van der Waals surface area contributed by atoms with Crippen LogP contribution >= 0.6 is 12.2 Å². The summed E-state index contributed by atoms with van der Waals surface area (Å²) in [7, 11) is 0. The van der Waals surface area contributed by atoms with Gasteiger partial charge in [-0.2, -0.15) is 0 Å². The van der Waals surface area contributed by atoms with Gasteiger partial charge < -0.3 is 5.73 Å². The summed E-state index contributed by atoms with van der Waals surface area (Å²) in [5.41, 5.74) is 5.62. The minimum Gasteiger partial charge on any atom is -0.396 e. The van der Waals surface area contributed by atoms with Gasteiger partial charge in [-0.15, -0.1) is 0 Å². The molecule has 0 saturated carbocycles. The van der Waals surface area contributed by atoms with Crippen LogP contribution in [0.2, 0.25) is 0 Å². The smallest absolute Gasteiger partial charge is 0.0588 e. The Morgan fingerprint density at radius 3 is 1.31 bits per heavy atom. The molecule has 0 aromatic heterocycles. The Bertz CT molecular complexity index is 76.2. The Balaban J connectivity index is 0. The molecule has 0 aromatic carbocycles. The summed E-state index contributed by atoms with van der Waals surface area (Å²) in [6.07, 6.45) is 11.5. The van der Waals surface area contributed by atoms with Crippen LogP contribution in [0.25, 0.3) is 0 Å². The molecular formula is C11H25NS. The van der Waals surface area contributed by atoms with Crippen molar-refractivity contribution in [1.82, 2.24) is 0 Å². The van der Waals surface area contributed by atoms with Crippen molar-refractivity contribution in [1.29, 1.82) is 0 Å². The summed E-state index contributed by atoms with van der Waals surface area (Å²) in [6, 6.07) is 0. The molecule has 0 amide bonds. The molecule has 1 nitrogen and oxygen atoms in total. The van der Waals surface area contributed by atoms with Crippen LogP contribution in [-0.2, 0) is 0 Å². The molecule has 0 heterocycles. The maximum absolute atomic E-state index is 4.54. The lowest BCUT2D eigenvalue weighted by atomic mass is 10.1. The van der Waals surface area contributed by atoms with Gasteiger partial charge in [-0.1, -0.05) is 77.4 Å². The molecule has 0 spiro atoms. The second kappa shape index (κ2) is 17.8. The van der Waals surface area contributed by atoms with Crippen LogP contribution in [0.15, 0.2) is 0 Å². The van der Waals surface area contributed by atoms with Gasteiger partial charge in [-0.3, -0.25) is 0 Å². The van der Waals surface area contributed by atoms with Gasteiger partial charge in [0.25, 0.3) is 0 Å². The van der Waals surface area contributed by atoms with Crippen molar-refractivity contribution in [2.75, 3.05) is 0 Å². The number of thiocarbonyl (C=S) groups is 1. The van der Waals surface area contributed by atoms with E-state index >= 15 is 0 Å². The average molecular weight is 203 g/mol. The largest absolute Gasteiger partial charge is 0.396 e. The number of hydrogen-bond donors (Lipinski definition) is 1. The summed E-state index contributed by atoms with van der Waals surface area (Å²) in [4.78, 5) is 0. The van der Waals surface area contributed by atoms with Gasteiger partial charge >= 0.3 is 0 Å². The van der Waals surface area contributed by atoms with Crippen molar-refractivity contribution < 1.29 is 0 Å². The molecule has 0 saturated heterocycles. The van der Waals surface area contributed by atoms with Crippen molar-refractivity contribution in [3.63, 3.8) is 0 Å². The van der Waals surface area contributed by atoms with E-state index in [1.165, 1.54) is 51.4 Å². The van der Waals surface area contributed by atoms with Crippen LogP contribution in [0.3, 0.4) is 0 Å². The molecule has 80 valence electrons. The number of nitrogens with two attached hydrogens (primary N) is 1. The number of hydrogen-bond acceptors (Lipinski definition) is 1. The zero-order valence-electron chi connectivity index (χ0n) is 9.22. The Kier molecular flexibility index (Phi) is 21.1. The first kappa shape index (κ1) is 15.4. The van der Waals surface area contributed by atoms with Gasteiger partial charge in [0.2, 0.25) is 0 Å². The van der Waals surface area contributed by atoms with Gasteiger partial charge in [0, 0.05) is 0 Å². The second-order valence-electron chi connectivity index (χ2n) is 3.26. The van der Waals surface area contributed by atoms with E-state index in [1.807, 2.05) is 0 Å². The summed E-state index contributed by atoms with van der Waals surface area (Å²) >= 11 is 4.05. The fourth-order valence-corrected chi connectivity index (χ4v) is 1.21. The van der Waals surface area contributed by atoms with Gasteiger partial charge in [0.05, 0.1) is 5.49 Å². The lowest BCUT2D eigenvalue weighted by Gasteiger charge is -1.97. The van der Waals surface area contributed by atoms with E-state index in [4.69, 9.17) is 0 Å². The van der Waals surface area contributed by atoms with Crippen molar-refractivity contribution in [2.45, 2.75) is 65.2 Å². The normalized spacial score (nSPS) is 8.77. The van der Waals surface area contributed by atoms with Crippen LogP contribution in [0, 0.1) is 0 Å². The number of unbranched alkanes of at least 4 members (excludes halogenated alkanes) is 7. The maximum atomic E-state index is 4.54. The fraction of sp³-hybridized carbons (Fsp3) is 0.909. The highest BCUT2D eigenvalue weighted by Crippen LogP contribution is 2.07. The standard InChI is InChI=1S/C10H22.CH3NS/c1-3-5-7-9-10-8-6-4-2;2-1-3/h3-10H2,1-2H3;1H,(H2,2,3). The Morgan fingerprint density at radius 2 is 1.08 bits per heavy atom. The Morgan fingerprint density at radius 1 is 0.846 bits per heavy atom. The third-order valence-electron chi connectivity index (χ3n) is 1.96. The highest BCUT2D eigenvalue weighted by atomic mass is 32.1. The summed E-state index contributed by atoms with van der Waals surface area (Å²) < 4.78 is 0. The lowest BCUT2D eigenvalue weighted by molar-refractivity contribution is 0.585. The van der Waals surface area contributed by atoms with Gasteiger partial charge in [0.1, 0.15) is 0 Å². The first-order valence-corrected chi connectivity index (χ1v) is 5.95. The van der Waals surface area contributed by atoms with Crippen molar-refractivity contribution in [3.05, 3.63) is 0 Å². The van der Waals surface area contributed by atoms with Crippen LogP contribution in [-0.4, -0.2) is 5.49 Å². The molecule has 0 rings (SSSR count). The van der Waals surface area contributed by atoms with E-state index in [2.05, 4.69) is 31.8 Å². The lowest BCUT2D eigenvalue weighted by Crippen LogP contribution is -1.79. The molecule has 0 unspecified atom stereocenters. The van der Waals surface area contributed by atoms with E-state index in [9.17, 15) is 0 Å². The predicted octanol–water partition coefficient (Wildman–Crippen LogP) is 4.05. The molecule has 2 heteroatoms. The summed E-state index contributed by atoms with van der Waals surface area (Å²) in [5, 5.41) is 0. The third-order valence-corrected chi connectivity index (χ3v) is 1.96. The molecule has 0 atom stereocenters. The minimum atomic E-state index is 1.08. The zero-order chi connectivity index (χ0) is 10.4. The van der Waals surface area contributed by atoms with Gasteiger partial charge in [0.15, 0.2) is 0 Å². The van der Waals surface area contributed by atoms with Crippen molar-refractivity contribution in [2.24, 2.45) is 5.73 Å². The molecule has 0 aliphatic rings. The Hall–Kier alpha value is -0.110. The quantitative estimate of drug-likeness (QED) is 0.499. The molecule has 13 heavy (non-hydrogen) atoms. The van der Waals surface area contributed by atoms with Crippen molar-refractivity contribution >= 4 is 17.7 Å².